The molecule has 0 aromatic carbocycles. The monoisotopic (exact) mass is 309 g/mol. The normalized spacial score (nSPS) is 13.2. The van der Waals surface area contributed by atoms with Crippen molar-refractivity contribution in [3.63, 3.8) is 0 Å². The van der Waals surface area contributed by atoms with Crippen LogP contribution in [0.2, 0.25) is 8.67 Å². The van der Waals surface area contributed by atoms with Crippen LogP contribution < -0.4 is 5.32 Å². The van der Waals surface area contributed by atoms with Gasteiger partial charge in [-0.15, -0.1) is 11.3 Å². The van der Waals surface area contributed by atoms with Gasteiger partial charge in [-0.3, -0.25) is 0 Å². The molecule has 0 fully saturated rings. The van der Waals surface area contributed by atoms with Gasteiger partial charge in [0.2, 0.25) is 0 Å². The van der Waals surface area contributed by atoms with Gasteiger partial charge in [0.15, 0.2) is 0 Å². The van der Waals surface area contributed by atoms with Crippen molar-refractivity contribution < 1.29 is 4.74 Å². The molecule has 104 valence electrons. The zero-order valence-electron chi connectivity index (χ0n) is 11.1. The Morgan fingerprint density at radius 1 is 1.33 bits per heavy atom. The van der Waals surface area contributed by atoms with Gasteiger partial charge in [0.05, 0.1) is 8.67 Å². The zero-order valence-corrected chi connectivity index (χ0v) is 13.5. The fraction of sp³-hybridized carbons (Fsp3) is 0.692. The highest BCUT2D eigenvalue weighted by molar-refractivity contribution is 7.20. The highest BCUT2D eigenvalue weighted by atomic mass is 35.5. The minimum absolute atomic E-state index is 0.228. The van der Waals surface area contributed by atoms with E-state index in [4.69, 9.17) is 27.9 Å². The molecule has 1 rings (SSSR count). The van der Waals surface area contributed by atoms with E-state index < -0.39 is 0 Å². The molecule has 1 unspecified atom stereocenters. The third kappa shape index (κ3) is 5.89. The number of rotatable bonds is 8. The molecule has 0 bridgehead atoms. The second-order valence-electron chi connectivity index (χ2n) is 4.78. The van der Waals surface area contributed by atoms with Crippen LogP contribution in [0.3, 0.4) is 0 Å². The Morgan fingerprint density at radius 2 is 2.06 bits per heavy atom. The molecule has 5 heteroatoms. The van der Waals surface area contributed by atoms with Crippen molar-refractivity contribution in [2.45, 2.75) is 33.2 Å². The standard InChI is InChI=1S/C13H21Cl2NOS/c1-9(2)8-17-6-4-5-16-10(3)11-7-12(14)18-13(11)15/h7,9-10,16H,4-6,8H2,1-3H3. The number of hydrogen-bond acceptors (Lipinski definition) is 3. The van der Waals surface area contributed by atoms with E-state index in [1.165, 1.54) is 11.3 Å². The van der Waals surface area contributed by atoms with E-state index >= 15 is 0 Å². The number of thiophene rings is 1. The van der Waals surface area contributed by atoms with Gasteiger partial charge in [0.25, 0.3) is 0 Å². The molecule has 0 saturated heterocycles. The number of ether oxygens (including phenoxy) is 1. The Labute approximate surface area is 124 Å². The molecule has 0 saturated carbocycles. The Bertz CT molecular complexity index is 355. The second-order valence-corrected chi connectivity index (χ2v) is 7.06. The summed E-state index contributed by atoms with van der Waals surface area (Å²) >= 11 is 13.4. The molecule has 18 heavy (non-hydrogen) atoms. The first-order valence-electron chi connectivity index (χ1n) is 6.26. The Balaban J connectivity index is 2.17. The number of halogens is 2. The fourth-order valence-corrected chi connectivity index (χ4v) is 3.22. The SMILES string of the molecule is CC(C)COCCCNC(C)c1cc(Cl)sc1Cl. The van der Waals surface area contributed by atoms with Crippen molar-refractivity contribution >= 4 is 34.5 Å². The first kappa shape index (κ1) is 16.3. The molecule has 2 nitrogen and oxygen atoms in total. The predicted molar refractivity (Wildman–Crippen MR) is 81.0 cm³/mol. The molecule has 0 amide bonds. The first-order chi connectivity index (χ1) is 8.50. The molecule has 1 aromatic rings. The van der Waals surface area contributed by atoms with Crippen molar-refractivity contribution in [2.75, 3.05) is 19.8 Å². The lowest BCUT2D eigenvalue weighted by Gasteiger charge is -2.13. The van der Waals surface area contributed by atoms with Gasteiger partial charge in [0.1, 0.15) is 0 Å². The van der Waals surface area contributed by atoms with Crippen LogP contribution >= 0.6 is 34.5 Å². The summed E-state index contributed by atoms with van der Waals surface area (Å²) in [4.78, 5) is 0. The highest BCUT2D eigenvalue weighted by Crippen LogP contribution is 2.34. The van der Waals surface area contributed by atoms with Gasteiger partial charge in [-0.25, -0.2) is 0 Å². The maximum Gasteiger partial charge on any atom is 0.0991 e. The van der Waals surface area contributed by atoms with E-state index in [0.717, 1.165) is 40.4 Å². The van der Waals surface area contributed by atoms with Crippen LogP contribution in [-0.4, -0.2) is 19.8 Å². The average Bonchev–Trinajstić information content (AvgIpc) is 2.62. The highest BCUT2D eigenvalue weighted by Gasteiger charge is 2.12. The largest absolute Gasteiger partial charge is 0.381 e. The minimum Gasteiger partial charge on any atom is -0.381 e. The molecular formula is C13H21Cl2NOS. The van der Waals surface area contributed by atoms with Crippen LogP contribution in [0.4, 0.5) is 0 Å². The van der Waals surface area contributed by atoms with E-state index in [2.05, 4.69) is 26.1 Å². The summed E-state index contributed by atoms with van der Waals surface area (Å²) in [5, 5.41) is 3.42. The summed E-state index contributed by atoms with van der Waals surface area (Å²) in [5.41, 5.74) is 1.08. The van der Waals surface area contributed by atoms with Crippen molar-refractivity contribution in [3.05, 3.63) is 20.3 Å². The summed E-state index contributed by atoms with van der Waals surface area (Å²) in [6.45, 7) is 8.96. The topological polar surface area (TPSA) is 21.3 Å². The van der Waals surface area contributed by atoms with Gasteiger partial charge in [-0.2, -0.15) is 0 Å². The Morgan fingerprint density at radius 3 is 2.61 bits per heavy atom. The Hall–Kier alpha value is 0.200. The van der Waals surface area contributed by atoms with E-state index in [1.807, 2.05) is 6.07 Å². The third-order valence-corrected chi connectivity index (χ3v) is 4.03. The first-order valence-corrected chi connectivity index (χ1v) is 7.83. The molecule has 0 spiro atoms. The van der Waals surface area contributed by atoms with Crippen molar-refractivity contribution in [2.24, 2.45) is 5.92 Å². The molecule has 1 aromatic heterocycles. The zero-order chi connectivity index (χ0) is 13.5. The van der Waals surface area contributed by atoms with Gasteiger partial charge in [-0.05, 0) is 37.4 Å². The molecule has 1 N–H and O–H groups in total. The summed E-state index contributed by atoms with van der Waals surface area (Å²) < 4.78 is 7.04. The van der Waals surface area contributed by atoms with E-state index in [9.17, 15) is 0 Å². The quantitative estimate of drug-likeness (QED) is 0.698. The average molecular weight is 310 g/mol. The molecule has 0 aliphatic carbocycles. The summed E-state index contributed by atoms with van der Waals surface area (Å²) in [6, 6.07) is 2.16. The number of nitrogens with one attached hydrogen (secondary N) is 1. The minimum atomic E-state index is 0.228. The predicted octanol–water partition coefficient (Wildman–Crippen LogP) is 4.77. The maximum atomic E-state index is 6.11. The molecule has 1 heterocycles. The van der Waals surface area contributed by atoms with Gasteiger partial charge in [0, 0.05) is 19.3 Å². The van der Waals surface area contributed by atoms with Crippen molar-refractivity contribution in [1.29, 1.82) is 0 Å². The Kier molecular flexibility index (Phi) is 7.57. The van der Waals surface area contributed by atoms with Gasteiger partial charge < -0.3 is 10.1 Å². The lowest BCUT2D eigenvalue weighted by atomic mass is 10.2. The third-order valence-electron chi connectivity index (χ3n) is 2.52. The van der Waals surface area contributed by atoms with Crippen molar-refractivity contribution in [1.82, 2.24) is 5.32 Å². The fourth-order valence-electron chi connectivity index (χ4n) is 1.57. The number of hydrogen-bond donors (Lipinski definition) is 1. The van der Waals surface area contributed by atoms with Crippen molar-refractivity contribution in [3.8, 4) is 0 Å². The van der Waals surface area contributed by atoms with Crippen LogP contribution in [0.15, 0.2) is 6.07 Å². The summed E-state index contributed by atoms with van der Waals surface area (Å²) in [5.74, 6) is 0.601. The van der Waals surface area contributed by atoms with Gasteiger partial charge in [-0.1, -0.05) is 37.0 Å². The molecule has 0 aliphatic heterocycles. The van der Waals surface area contributed by atoms with E-state index in [0.29, 0.717) is 5.92 Å². The van der Waals surface area contributed by atoms with Crippen LogP contribution in [0.25, 0.3) is 0 Å². The van der Waals surface area contributed by atoms with E-state index in [-0.39, 0.29) is 6.04 Å². The lowest BCUT2D eigenvalue weighted by molar-refractivity contribution is 0.107. The van der Waals surface area contributed by atoms with Crippen LogP contribution in [-0.2, 0) is 4.74 Å². The van der Waals surface area contributed by atoms with Crippen LogP contribution in [0, 0.1) is 5.92 Å². The smallest absolute Gasteiger partial charge is 0.0991 e. The molecule has 0 aliphatic rings. The van der Waals surface area contributed by atoms with Crippen LogP contribution in [0.1, 0.15) is 38.8 Å². The molecule has 1 atom stereocenters. The van der Waals surface area contributed by atoms with E-state index in [1.54, 1.807) is 0 Å². The second kappa shape index (κ2) is 8.39. The molecular weight excluding hydrogens is 289 g/mol. The van der Waals surface area contributed by atoms with Gasteiger partial charge >= 0.3 is 0 Å². The summed E-state index contributed by atoms with van der Waals surface area (Å²) in [7, 11) is 0. The summed E-state index contributed by atoms with van der Waals surface area (Å²) in [6.07, 6.45) is 1.01. The molecule has 0 radical (unpaired) electrons. The van der Waals surface area contributed by atoms with Crippen LogP contribution in [0.5, 0.6) is 0 Å². The maximum absolute atomic E-state index is 6.11. The lowest BCUT2D eigenvalue weighted by Crippen LogP contribution is -2.21.